The second kappa shape index (κ2) is 7.66. The van der Waals surface area contributed by atoms with Crippen LogP contribution in [-0.2, 0) is 5.41 Å². The van der Waals surface area contributed by atoms with Crippen molar-refractivity contribution in [3.63, 3.8) is 0 Å². The van der Waals surface area contributed by atoms with Crippen molar-refractivity contribution in [2.24, 2.45) is 0 Å². The minimum absolute atomic E-state index is 0.0690. The van der Waals surface area contributed by atoms with E-state index in [2.05, 4.69) is 140 Å². The number of hydrogen-bond donors (Lipinski definition) is 0. The Morgan fingerprint density at radius 3 is 2.24 bits per heavy atom. The van der Waals surface area contributed by atoms with E-state index in [1.165, 1.54) is 49.6 Å². The maximum Gasteiger partial charge on any atom is 0.146 e. The van der Waals surface area contributed by atoms with Crippen LogP contribution in [0.2, 0.25) is 0 Å². The highest BCUT2D eigenvalue weighted by atomic mass is 15.1. The summed E-state index contributed by atoms with van der Waals surface area (Å²) < 4.78 is 2.43. The van der Waals surface area contributed by atoms with Gasteiger partial charge in [-0.05, 0) is 40.5 Å². The molecule has 0 amide bonds. The van der Waals surface area contributed by atoms with Crippen LogP contribution in [0.5, 0.6) is 0 Å². The van der Waals surface area contributed by atoms with E-state index in [9.17, 15) is 0 Å². The van der Waals surface area contributed by atoms with Gasteiger partial charge in [-0.3, -0.25) is 4.57 Å². The molecule has 0 unspecified atom stereocenters. The lowest BCUT2D eigenvalue weighted by Gasteiger charge is -2.21. The summed E-state index contributed by atoms with van der Waals surface area (Å²) in [6.45, 7) is 4.69. The summed E-state index contributed by atoms with van der Waals surface area (Å²) in [5.74, 6) is 0.969. The van der Waals surface area contributed by atoms with E-state index in [0.29, 0.717) is 0 Å². The highest BCUT2D eigenvalue weighted by molar-refractivity contribution is 6.16. The summed E-state index contributed by atoms with van der Waals surface area (Å²) in [6.07, 6.45) is 0. The van der Waals surface area contributed by atoms with Crippen LogP contribution < -0.4 is 0 Å². The monoisotopic (exact) mass is 486 g/mol. The molecule has 2 heteroatoms. The summed E-state index contributed by atoms with van der Waals surface area (Å²) in [7, 11) is 0. The Kier molecular flexibility index (Phi) is 4.31. The third kappa shape index (κ3) is 2.80. The third-order valence-electron chi connectivity index (χ3n) is 8.38. The van der Waals surface area contributed by atoms with E-state index in [1.807, 2.05) is 0 Å². The molecule has 1 aliphatic carbocycles. The van der Waals surface area contributed by atoms with Crippen molar-refractivity contribution >= 4 is 32.7 Å². The maximum absolute atomic E-state index is 5.38. The first kappa shape index (κ1) is 21.4. The molecule has 0 saturated heterocycles. The lowest BCUT2D eigenvalue weighted by atomic mass is 9.82. The van der Waals surface area contributed by atoms with Crippen LogP contribution in [0, 0.1) is 0 Å². The smallest absolute Gasteiger partial charge is 0.146 e. The number of para-hydroxylation sites is 2. The van der Waals surface area contributed by atoms with Gasteiger partial charge >= 0.3 is 0 Å². The molecule has 0 radical (unpaired) electrons. The molecule has 0 bridgehead atoms. The van der Waals surface area contributed by atoms with Crippen LogP contribution in [0.25, 0.3) is 60.8 Å². The minimum atomic E-state index is -0.0690. The molecule has 5 aromatic carbocycles. The highest BCUT2D eigenvalue weighted by Gasteiger charge is 2.37. The topological polar surface area (TPSA) is 17.8 Å². The molecule has 2 heterocycles. The van der Waals surface area contributed by atoms with Gasteiger partial charge < -0.3 is 0 Å². The molecular formula is C36H26N2. The number of benzene rings is 5. The molecule has 1 aliphatic rings. The predicted molar refractivity (Wildman–Crippen MR) is 159 cm³/mol. The van der Waals surface area contributed by atoms with Crippen molar-refractivity contribution in [2.45, 2.75) is 19.3 Å². The van der Waals surface area contributed by atoms with Gasteiger partial charge in [0.15, 0.2) is 0 Å². The molecule has 0 atom stereocenters. The summed E-state index contributed by atoms with van der Waals surface area (Å²) in [4.78, 5) is 5.38. The van der Waals surface area contributed by atoms with Gasteiger partial charge in [-0.25, -0.2) is 4.98 Å². The van der Waals surface area contributed by atoms with Gasteiger partial charge in [0, 0.05) is 32.7 Å². The Morgan fingerprint density at radius 2 is 1.34 bits per heavy atom. The molecule has 180 valence electrons. The Morgan fingerprint density at radius 1 is 0.605 bits per heavy atom. The van der Waals surface area contributed by atoms with Crippen molar-refractivity contribution in [3.8, 4) is 28.1 Å². The number of fused-ring (bicyclic) bond motifs is 8. The van der Waals surface area contributed by atoms with Crippen LogP contribution >= 0.6 is 0 Å². The molecule has 0 N–H and O–H groups in total. The van der Waals surface area contributed by atoms with E-state index in [-0.39, 0.29) is 5.41 Å². The second-order valence-electron chi connectivity index (χ2n) is 10.8. The number of hydrogen-bond acceptors (Lipinski definition) is 1. The Bertz CT molecular complexity index is 2040. The van der Waals surface area contributed by atoms with Gasteiger partial charge in [0.25, 0.3) is 0 Å². The standard InChI is InChI=1S/C36H26N2/c1-36(2)29-17-9-7-16-27(29)33-30(36)21-20-26-25-15-8-11-19-32(25)38(34(26)33)35-28(23-12-4-3-5-13-23)22-24-14-6-10-18-31(24)37-35/h3-22H,1-2H3. The van der Waals surface area contributed by atoms with Crippen molar-refractivity contribution in [2.75, 3.05) is 0 Å². The zero-order chi connectivity index (χ0) is 25.4. The van der Waals surface area contributed by atoms with Crippen molar-refractivity contribution in [1.29, 1.82) is 0 Å². The molecule has 2 nitrogen and oxygen atoms in total. The van der Waals surface area contributed by atoms with Gasteiger partial charge in [0.2, 0.25) is 0 Å². The Balaban J connectivity index is 1.60. The lowest BCUT2D eigenvalue weighted by molar-refractivity contribution is 0.661. The van der Waals surface area contributed by atoms with Crippen molar-refractivity contribution in [1.82, 2.24) is 9.55 Å². The van der Waals surface area contributed by atoms with Gasteiger partial charge in [-0.1, -0.05) is 117 Å². The minimum Gasteiger partial charge on any atom is -0.293 e. The van der Waals surface area contributed by atoms with E-state index in [1.54, 1.807) is 0 Å². The average Bonchev–Trinajstić information content (AvgIpc) is 3.42. The van der Waals surface area contributed by atoms with Gasteiger partial charge in [-0.2, -0.15) is 0 Å². The Labute approximate surface area is 221 Å². The molecule has 8 rings (SSSR count). The van der Waals surface area contributed by atoms with E-state index in [0.717, 1.165) is 22.3 Å². The molecule has 38 heavy (non-hydrogen) atoms. The van der Waals surface area contributed by atoms with Crippen LogP contribution in [0.1, 0.15) is 25.0 Å². The average molecular weight is 487 g/mol. The third-order valence-corrected chi connectivity index (χ3v) is 8.38. The summed E-state index contributed by atoms with van der Waals surface area (Å²) in [6, 6.07) is 43.7. The number of aromatic nitrogens is 2. The van der Waals surface area contributed by atoms with Crippen LogP contribution in [-0.4, -0.2) is 9.55 Å². The zero-order valence-corrected chi connectivity index (χ0v) is 21.4. The van der Waals surface area contributed by atoms with E-state index >= 15 is 0 Å². The maximum atomic E-state index is 5.38. The summed E-state index contributed by atoms with van der Waals surface area (Å²) >= 11 is 0. The molecular weight excluding hydrogens is 460 g/mol. The first-order valence-electron chi connectivity index (χ1n) is 13.2. The largest absolute Gasteiger partial charge is 0.293 e. The van der Waals surface area contributed by atoms with Crippen LogP contribution in [0.3, 0.4) is 0 Å². The fourth-order valence-corrected chi connectivity index (χ4v) is 6.57. The predicted octanol–water partition coefficient (Wildman–Crippen LogP) is 9.31. The van der Waals surface area contributed by atoms with Crippen molar-refractivity contribution in [3.05, 3.63) is 132 Å². The number of rotatable bonds is 2. The normalized spacial score (nSPS) is 13.7. The van der Waals surface area contributed by atoms with Gasteiger partial charge in [0.1, 0.15) is 5.82 Å². The lowest BCUT2D eigenvalue weighted by Crippen LogP contribution is -2.14. The number of nitrogens with zero attached hydrogens (tertiary/aromatic N) is 2. The quantitative estimate of drug-likeness (QED) is 0.238. The molecule has 0 fully saturated rings. The first-order chi connectivity index (χ1) is 18.6. The van der Waals surface area contributed by atoms with Crippen molar-refractivity contribution < 1.29 is 0 Å². The molecule has 2 aromatic heterocycles. The van der Waals surface area contributed by atoms with Gasteiger partial charge in [-0.15, -0.1) is 0 Å². The SMILES string of the molecule is CC1(C)c2ccccc2-c2c1ccc1c3ccccc3n(-c3nc4ccccc4cc3-c3ccccc3)c21. The summed E-state index contributed by atoms with van der Waals surface area (Å²) in [5, 5.41) is 3.66. The summed E-state index contributed by atoms with van der Waals surface area (Å²) in [5.41, 5.74) is 11.1. The van der Waals surface area contributed by atoms with Gasteiger partial charge in [0.05, 0.1) is 16.6 Å². The van der Waals surface area contributed by atoms with Crippen LogP contribution in [0.4, 0.5) is 0 Å². The molecule has 0 spiro atoms. The zero-order valence-electron chi connectivity index (χ0n) is 21.4. The highest BCUT2D eigenvalue weighted by Crippen LogP contribution is 2.53. The fourth-order valence-electron chi connectivity index (χ4n) is 6.57. The molecule has 0 saturated carbocycles. The Hall–Kier alpha value is -4.69. The molecule has 0 aliphatic heterocycles. The number of pyridine rings is 1. The second-order valence-corrected chi connectivity index (χ2v) is 10.8. The van der Waals surface area contributed by atoms with Crippen LogP contribution in [0.15, 0.2) is 121 Å². The fraction of sp³-hybridized carbons (Fsp3) is 0.0833. The molecule has 7 aromatic rings. The van der Waals surface area contributed by atoms with E-state index < -0.39 is 0 Å². The van der Waals surface area contributed by atoms with E-state index in [4.69, 9.17) is 4.98 Å². The first-order valence-corrected chi connectivity index (χ1v) is 13.2.